The summed E-state index contributed by atoms with van der Waals surface area (Å²) in [4.78, 5) is 6.35. The number of rotatable bonds is 8. The lowest BCUT2D eigenvalue weighted by atomic mass is 9.98. The van der Waals surface area contributed by atoms with Crippen molar-refractivity contribution in [2.45, 2.75) is 33.9 Å². The second-order valence-electron chi connectivity index (χ2n) is 8.99. The molecule has 1 heterocycles. The molecule has 3 heteroatoms. The van der Waals surface area contributed by atoms with Crippen LogP contribution in [0.4, 0.5) is 0 Å². The maximum Gasteiger partial charge on any atom is 0.120 e. The third-order valence-electron chi connectivity index (χ3n) is 4.76. The lowest BCUT2D eigenvalue weighted by molar-refractivity contribution is 0.304. The highest BCUT2D eigenvalue weighted by molar-refractivity contribution is 5.63. The van der Waals surface area contributed by atoms with E-state index < -0.39 is 0 Å². The van der Waals surface area contributed by atoms with Gasteiger partial charge in [-0.05, 0) is 86.5 Å². The molecule has 0 aliphatic rings. The largest absolute Gasteiger partial charge is 0.489 e. The van der Waals surface area contributed by atoms with E-state index in [2.05, 4.69) is 98.1 Å². The van der Waals surface area contributed by atoms with Crippen molar-refractivity contribution in [3.8, 4) is 28.7 Å². The van der Waals surface area contributed by atoms with Gasteiger partial charge < -0.3 is 4.74 Å². The van der Waals surface area contributed by atoms with Gasteiger partial charge in [-0.15, -0.1) is 0 Å². The third-order valence-corrected chi connectivity index (χ3v) is 4.76. The van der Waals surface area contributed by atoms with Crippen LogP contribution in [0.3, 0.4) is 0 Å². The number of hydrogen-bond donors (Lipinski definition) is 0. The number of allylic oxidation sites excluding steroid dienone is 1. The van der Waals surface area contributed by atoms with Crippen LogP contribution in [-0.2, 0) is 13.2 Å². The zero-order valence-electron chi connectivity index (χ0n) is 19.5. The van der Waals surface area contributed by atoms with Gasteiger partial charge in [0.25, 0.3) is 0 Å². The number of pyridine rings is 1. The fraction of sp³-hybridized carbons (Fsp3) is 0.276. The van der Waals surface area contributed by atoms with Gasteiger partial charge in [0.2, 0.25) is 0 Å². The minimum absolute atomic E-state index is 0.0387. The van der Waals surface area contributed by atoms with Crippen LogP contribution < -0.4 is 4.74 Å². The van der Waals surface area contributed by atoms with E-state index in [1.54, 1.807) is 0 Å². The van der Waals surface area contributed by atoms with E-state index in [1.165, 1.54) is 11.1 Å². The lowest BCUT2D eigenvalue weighted by Crippen LogP contribution is -2.17. The van der Waals surface area contributed by atoms with Gasteiger partial charge in [-0.1, -0.05) is 48.2 Å². The second kappa shape index (κ2) is 11.3. The molecule has 0 N–H and O–H groups in total. The van der Waals surface area contributed by atoms with Crippen LogP contribution in [-0.4, -0.2) is 23.5 Å². The van der Waals surface area contributed by atoms with E-state index in [4.69, 9.17) is 4.74 Å². The van der Waals surface area contributed by atoms with Gasteiger partial charge in [-0.25, -0.2) is 0 Å². The Morgan fingerprint density at radius 1 is 0.938 bits per heavy atom. The number of aromatic nitrogens is 1. The molecule has 0 spiro atoms. The summed E-state index contributed by atoms with van der Waals surface area (Å²) in [6, 6.07) is 20.8. The van der Waals surface area contributed by atoms with Crippen molar-refractivity contribution < 1.29 is 4.74 Å². The zero-order chi connectivity index (χ0) is 22.8. The van der Waals surface area contributed by atoms with Gasteiger partial charge in [0, 0.05) is 30.9 Å². The van der Waals surface area contributed by atoms with Crippen LogP contribution in [0.1, 0.15) is 31.9 Å². The van der Waals surface area contributed by atoms with Crippen LogP contribution in [0, 0.1) is 17.3 Å². The smallest absolute Gasteiger partial charge is 0.120 e. The molecule has 0 unspecified atom stereocenters. The molecule has 3 aromatic rings. The molecule has 0 radical (unpaired) electrons. The summed E-state index contributed by atoms with van der Waals surface area (Å²) in [5.41, 5.74) is 4.74. The van der Waals surface area contributed by atoms with Crippen molar-refractivity contribution in [2.24, 2.45) is 5.41 Å². The maximum atomic E-state index is 6.09. The van der Waals surface area contributed by atoms with Gasteiger partial charge in [-0.3, -0.25) is 9.88 Å². The minimum atomic E-state index is 0.0387. The molecule has 0 fully saturated rings. The van der Waals surface area contributed by atoms with Crippen LogP contribution >= 0.6 is 0 Å². The highest BCUT2D eigenvalue weighted by atomic mass is 16.5. The van der Waals surface area contributed by atoms with Crippen LogP contribution in [0.25, 0.3) is 11.1 Å². The Balaban J connectivity index is 1.54. The van der Waals surface area contributed by atoms with Gasteiger partial charge >= 0.3 is 0 Å². The number of likely N-dealkylation sites (N-methyl/N-ethyl adjacent to an activating group) is 1. The molecule has 3 rings (SSSR count). The Kier molecular flexibility index (Phi) is 8.25. The molecule has 0 bridgehead atoms. The highest BCUT2D eigenvalue weighted by Gasteiger charge is 2.04. The zero-order valence-corrected chi connectivity index (χ0v) is 19.5. The molecular weight excluding hydrogens is 392 g/mol. The number of benzene rings is 2. The number of nitrogens with zero attached hydrogens (tertiary/aromatic N) is 2. The fourth-order valence-corrected chi connectivity index (χ4v) is 3.21. The fourth-order valence-electron chi connectivity index (χ4n) is 3.21. The van der Waals surface area contributed by atoms with E-state index in [0.29, 0.717) is 6.61 Å². The SMILES string of the molecule is CN(C/C=C/C#CC(C)(C)C)Cc1cccc(OCc2cccc(-c3ccncc3)c2)c1. The molecule has 0 aliphatic heterocycles. The monoisotopic (exact) mass is 424 g/mol. The first-order valence-corrected chi connectivity index (χ1v) is 11.0. The average Bonchev–Trinajstić information content (AvgIpc) is 2.78. The summed E-state index contributed by atoms with van der Waals surface area (Å²) in [5, 5.41) is 0. The van der Waals surface area contributed by atoms with Gasteiger partial charge in [0.1, 0.15) is 12.4 Å². The predicted molar refractivity (Wildman–Crippen MR) is 133 cm³/mol. The molecular formula is C29H32N2O. The molecule has 32 heavy (non-hydrogen) atoms. The summed E-state index contributed by atoms with van der Waals surface area (Å²) in [6.45, 7) is 8.59. The minimum Gasteiger partial charge on any atom is -0.489 e. The van der Waals surface area contributed by atoms with Crippen molar-refractivity contribution in [3.05, 3.63) is 96.3 Å². The first-order valence-electron chi connectivity index (χ1n) is 11.0. The first kappa shape index (κ1) is 23.3. The summed E-state index contributed by atoms with van der Waals surface area (Å²) in [7, 11) is 2.11. The molecule has 0 aliphatic carbocycles. The van der Waals surface area contributed by atoms with E-state index in [9.17, 15) is 0 Å². The van der Waals surface area contributed by atoms with E-state index in [1.807, 2.05) is 36.7 Å². The molecule has 1 aromatic heterocycles. The number of ether oxygens (including phenoxy) is 1. The molecule has 0 amide bonds. The number of hydrogen-bond acceptors (Lipinski definition) is 3. The average molecular weight is 425 g/mol. The topological polar surface area (TPSA) is 25.4 Å². The third kappa shape index (κ3) is 8.06. The normalized spacial score (nSPS) is 11.4. The maximum absolute atomic E-state index is 6.09. The molecule has 164 valence electrons. The van der Waals surface area contributed by atoms with Crippen molar-refractivity contribution in [2.75, 3.05) is 13.6 Å². The van der Waals surface area contributed by atoms with Crippen molar-refractivity contribution in [1.82, 2.24) is 9.88 Å². The lowest BCUT2D eigenvalue weighted by Gasteiger charge is -2.15. The van der Waals surface area contributed by atoms with Gasteiger partial charge in [0.15, 0.2) is 0 Å². The Labute approximate surface area is 192 Å². The van der Waals surface area contributed by atoms with Crippen LogP contribution in [0.5, 0.6) is 5.75 Å². The van der Waals surface area contributed by atoms with E-state index >= 15 is 0 Å². The molecule has 3 nitrogen and oxygen atoms in total. The second-order valence-corrected chi connectivity index (χ2v) is 8.99. The van der Waals surface area contributed by atoms with Crippen LogP contribution in [0.2, 0.25) is 0 Å². The molecule has 2 aromatic carbocycles. The van der Waals surface area contributed by atoms with E-state index in [-0.39, 0.29) is 5.41 Å². The Morgan fingerprint density at radius 3 is 2.47 bits per heavy atom. The highest BCUT2D eigenvalue weighted by Crippen LogP contribution is 2.21. The van der Waals surface area contributed by atoms with Crippen molar-refractivity contribution in [1.29, 1.82) is 0 Å². The first-order chi connectivity index (χ1) is 15.4. The summed E-state index contributed by atoms with van der Waals surface area (Å²) >= 11 is 0. The summed E-state index contributed by atoms with van der Waals surface area (Å²) in [5.74, 6) is 7.22. The van der Waals surface area contributed by atoms with Gasteiger partial charge in [-0.2, -0.15) is 0 Å². The molecule has 0 atom stereocenters. The molecule has 0 saturated heterocycles. The van der Waals surface area contributed by atoms with Crippen molar-refractivity contribution in [3.63, 3.8) is 0 Å². The standard InChI is InChI=1S/C29H32N2O/c1-29(2,3)16-6-5-7-19-31(4)22-24-10-9-13-28(21-24)32-23-25-11-8-12-27(20-25)26-14-17-30-18-15-26/h5,7-15,17-18,20-21H,19,22-23H2,1-4H3/b7-5+. The molecule has 0 saturated carbocycles. The predicted octanol–water partition coefficient (Wildman–Crippen LogP) is 6.37. The Morgan fingerprint density at radius 2 is 1.69 bits per heavy atom. The van der Waals surface area contributed by atoms with Crippen LogP contribution in [0.15, 0.2) is 85.2 Å². The summed E-state index contributed by atoms with van der Waals surface area (Å²) < 4.78 is 6.09. The Hall–Kier alpha value is -3.35. The van der Waals surface area contributed by atoms with E-state index in [0.717, 1.165) is 30.0 Å². The van der Waals surface area contributed by atoms with Gasteiger partial charge in [0.05, 0.1) is 0 Å². The summed E-state index contributed by atoms with van der Waals surface area (Å²) in [6.07, 6.45) is 7.68. The Bertz CT molecular complexity index is 1090. The van der Waals surface area contributed by atoms with Crippen molar-refractivity contribution >= 4 is 0 Å². The quantitative estimate of drug-likeness (QED) is 0.393.